The van der Waals surface area contributed by atoms with E-state index in [0.29, 0.717) is 5.92 Å². The van der Waals surface area contributed by atoms with Crippen molar-refractivity contribution in [2.75, 3.05) is 0 Å². The van der Waals surface area contributed by atoms with Gasteiger partial charge in [-0.2, -0.15) is 0 Å². The third kappa shape index (κ3) is 7.96. The topological polar surface area (TPSA) is 145 Å². The fraction of sp³-hybridized carbons (Fsp3) is 0.310. The summed E-state index contributed by atoms with van der Waals surface area (Å²) in [5.41, 5.74) is -1.73. The van der Waals surface area contributed by atoms with E-state index in [1.807, 2.05) is 12.2 Å². The van der Waals surface area contributed by atoms with E-state index in [4.69, 9.17) is 4.74 Å². The monoisotopic (exact) mass is 520 g/mol. The Bertz CT molecular complexity index is 1210. The van der Waals surface area contributed by atoms with Crippen LogP contribution in [0.4, 0.5) is 0 Å². The molecule has 38 heavy (non-hydrogen) atoms. The SMILES string of the molecule is CC(C)CC=CC=CC=CC(=O)NC1=CC(O)(C=CC=CC=CC(=O)NC2=C(O)CCC2=O)C2OC2C1=O. The number of fused-ring (bicyclic) bond motifs is 1. The number of ketones is 2. The number of carbonyl (C=O) groups excluding carboxylic acids is 4. The predicted molar refractivity (Wildman–Crippen MR) is 141 cm³/mol. The maximum Gasteiger partial charge on any atom is 0.248 e. The Balaban J connectivity index is 1.54. The summed E-state index contributed by atoms with van der Waals surface area (Å²) in [6.07, 6.45) is 19.9. The zero-order valence-corrected chi connectivity index (χ0v) is 21.3. The molecule has 3 aliphatic rings. The van der Waals surface area contributed by atoms with Crippen molar-refractivity contribution < 1.29 is 34.1 Å². The Labute approximate surface area is 221 Å². The summed E-state index contributed by atoms with van der Waals surface area (Å²) in [6, 6.07) is 0. The second-order valence-electron chi connectivity index (χ2n) is 9.42. The van der Waals surface area contributed by atoms with Crippen LogP contribution in [0.2, 0.25) is 0 Å². The summed E-state index contributed by atoms with van der Waals surface area (Å²) >= 11 is 0. The van der Waals surface area contributed by atoms with Crippen LogP contribution in [0.25, 0.3) is 0 Å². The quantitative estimate of drug-likeness (QED) is 0.186. The van der Waals surface area contributed by atoms with Gasteiger partial charge in [-0.3, -0.25) is 19.2 Å². The van der Waals surface area contributed by atoms with Gasteiger partial charge in [-0.1, -0.05) is 68.5 Å². The lowest BCUT2D eigenvalue weighted by Gasteiger charge is -2.23. The third-order valence-electron chi connectivity index (χ3n) is 5.78. The van der Waals surface area contributed by atoms with Crippen LogP contribution >= 0.6 is 0 Å². The van der Waals surface area contributed by atoms with Crippen molar-refractivity contribution in [2.24, 2.45) is 5.92 Å². The number of allylic oxidation sites excluding steroid dienone is 11. The average molecular weight is 521 g/mol. The van der Waals surface area contributed by atoms with Gasteiger partial charge in [0.15, 0.2) is 11.9 Å². The number of rotatable bonds is 11. The minimum atomic E-state index is -1.61. The summed E-state index contributed by atoms with van der Waals surface area (Å²) in [5, 5.41) is 25.4. The zero-order chi connectivity index (χ0) is 27.7. The Morgan fingerprint density at radius 2 is 1.63 bits per heavy atom. The molecule has 0 saturated carbocycles. The van der Waals surface area contributed by atoms with Gasteiger partial charge in [-0.25, -0.2) is 0 Å². The van der Waals surface area contributed by atoms with E-state index in [1.54, 1.807) is 24.3 Å². The molecule has 0 aromatic rings. The molecule has 200 valence electrons. The lowest BCUT2D eigenvalue weighted by molar-refractivity contribution is -0.121. The molecule has 9 nitrogen and oxygen atoms in total. The molecular formula is C29H32N2O7. The van der Waals surface area contributed by atoms with Gasteiger partial charge in [0.1, 0.15) is 23.2 Å². The van der Waals surface area contributed by atoms with Crippen LogP contribution in [-0.2, 0) is 23.9 Å². The van der Waals surface area contributed by atoms with Crippen molar-refractivity contribution in [3.8, 4) is 0 Å². The van der Waals surface area contributed by atoms with Crippen molar-refractivity contribution in [3.05, 3.63) is 96.1 Å². The van der Waals surface area contributed by atoms with Crippen LogP contribution in [0.5, 0.6) is 0 Å². The first-order valence-corrected chi connectivity index (χ1v) is 12.4. The second-order valence-corrected chi connectivity index (χ2v) is 9.42. The second kappa shape index (κ2) is 12.9. The maximum atomic E-state index is 12.4. The fourth-order valence-corrected chi connectivity index (χ4v) is 3.75. The standard InChI is InChI=1S/C29H32N2O7/c1-19(2)12-8-4-3-5-9-13-23(34)30-20-18-29(37,28-27(38-28)26(20)36)17-11-7-6-10-14-24(35)31-25-21(32)15-16-22(25)33/h3-11,13-14,17-19,27-28,32,37H,12,15-16H2,1-2H3,(H,30,34)(H,31,35). The lowest BCUT2D eigenvalue weighted by atomic mass is 9.88. The number of aliphatic hydroxyl groups is 2. The number of aliphatic hydroxyl groups excluding tert-OH is 1. The van der Waals surface area contributed by atoms with Gasteiger partial charge < -0.3 is 25.6 Å². The summed E-state index contributed by atoms with van der Waals surface area (Å²) in [7, 11) is 0. The highest BCUT2D eigenvalue weighted by Crippen LogP contribution is 2.40. The van der Waals surface area contributed by atoms with Gasteiger partial charge in [0.25, 0.3) is 0 Å². The molecule has 1 saturated heterocycles. The number of amides is 2. The first kappa shape index (κ1) is 28.5. The molecule has 1 heterocycles. The van der Waals surface area contributed by atoms with Crippen molar-refractivity contribution in [1.82, 2.24) is 10.6 Å². The summed E-state index contributed by atoms with van der Waals surface area (Å²) in [4.78, 5) is 48.1. The largest absolute Gasteiger partial charge is 0.510 e. The van der Waals surface area contributed by atoms with Crippen LogP contribution in [0.3, 0.4) is 0 Å². The smallest absolute Gasteiger partial charge is 0.248 e. The Kier molecular flexibility index (Phi) is 9.70. The van der Waals surface area contributed by atoms with Crippen LogP contribution in [0, 0.1) is 5.92 Å². The van der Waals surface area contributed by atoms with Crippen molar-refractivity contribution in [2.45, 2.75) is 50.9 Å². The highest BCUT2D eigenvalue weighted by atomic mass is 16.6. The highest BCUT2D eigenvalue weighted by Gasteiger charge is 2.59. The normalized spacial score (nSPS) is 25.7. The molecule has 9 heteroatoms. The van der Waals surface area contributed by atoms with E-state index in [-0.39, 0.29) is 35.8 Å². The molecule has 4 N–H and O–H groups in total. The minimum Gasteiger partial charge on any atom is -0.510 e. The number of nitrogens with one attached hydrogen (secondary N) is 2. The molecule has 0 aromatic carbocycles. The van der Waals surface area contributed by atoms with E-state index in [0.717, 1.165) is 6.42 Å². The summed E-state index contributed by atoms with van der Waals surface area (Å²) in [6.45, 7) is 4.25. The van der Waals surface area contributed by atoms with E-state index in [1.165, 1.54) is 42.5 Å². The van der Waals surface area contributed by atoms with Crippen LogP contribution < -0.4 is 10.6 Å². The summed E-state index contributed by atoms with van der Waals surface area (Å²) < 4.78 is 5.33. The molecule has 3 unspecified atom stereocenters. The predicted octanol–water partition coefficient (Wildman–Crippen LogP) is 2.70. The molecule has 1 fully saturated rings. The van der Waals surface area contributed by atoms with Gasteiger partial charge in [-0.15, -0.1) is 0 Å². The van der Waals surface area contributed by atoms with E-state index >= 15 is 0 Å². The molecule has 2 aliphatic carbocycles. The first-order valence-electron chi connectivity index (χ1n) is 12.4. The number of hydrogen-bond donors (Lipinski definition) is 4. The molecule has 1 aliphatic heterocycles. The lowest BCUT2D eigenvalue weighted by Crippen LogP contribution is -2.42. The number of carbonyl (C=O) groups is 4. The van der Waals surface area contributed by atoms with Gasteiger partial charge in [0.05, 0.1) is 5.70 Å². The third-order valence-corrected chi connectivity index (χ3v) is 5.78. The molecular weight excluding hydrogens is 488 g/mol. The van der Waals surface area contributed by atoms with Crippen molar-refractivity contribution >= 4 is 23.4 Å². The van der Waals surface area contributed by atoms with E-state index in [9.17, 15) is 29.4 Å². The molecule has 3 atom stereocenters. The number of hydrogen-bond acceptors (Lipinski definition) is 7. The van der Waals surface area contributed by atoms with Gasteiger partial charge in [-0.05, 0) is 24.5 Å². The molecule has 2 amide bonds. The number of Topliss-reactive ketones (excluding diaryl/α,β-unsaturated/α-hetero) is 2. The van der Waals surface area contributed by atoms with Crippen LogP contribution in [0.1, 0.15) is 33.1 Å². The van der Waals surface area contributed by atoms with E-state index < -0.39 is 35.4 Å². The molecule has 0 spiro atoms. The fourth-order valence-electron chi connectivity index (χ4n) is 3.75. The molecule has 0 bridgehead atoms. The van der Waals surface area contributed by atoms with Crippen LogP contribution in [-0.4, -0.2) is 51.4 Å². The van der Waals surface area contributed by atoms with Gasteiger partial charge in [0, 0.05) is 25.0 Å². The zero-order valence-electron chi connectivity index (χ0n) is 21.3. The molecule has 3 rings (SSSR count). The summed E-state index contributed by atoms with van der Waals surface area (Å²) in [5.74, 6) is -1.36. The van der Waals surface area contributed by atoms with Crippen LogP contribution in [0.15, 0.2) is 96.1 Å². The molecule has 0 aromatic heterocycles. The molecule has 0 radical (unpaired) electrons. The van der Waals surface area contributed by atoms with Crippen molar-refractivity contribution in [3.63, 3.8) is 0 Å². The Morgan fingerprint density at radius 1 is 1.00 bits per heavy atom. The number of ether oxygens (including phenoxy) is 1. The van der Waals surface area contributed by atoms with Gasteiger partial charge in [0.2, 0.25) is 17.6 Å². The van der Waals surface area contributed by atoms with Crippen molar-refractivity contribution in [1.29, 1.82) is 0 Å². The number of epoxide rings is 1. The highest BCUT2D eigenvalue weighted by molar-refractivity contribution is 6.06. The minimum absolute atomic E-state index is 0.0501. The van der Waals surface area contributed by atoms with E-state index in [2.05, 4.69) is 24.5 Å². The first-order chi connectivity index (χ1) is 18.1. The van der Waals surface area contributed by atoms with Gasteiger partial charge >= 0.3 is 0 Å². The Hall–Kier alpha value is -4.08. The average Bonchev–Trinajstić information content (AvgIpc) is 3.62. The Morgan fingerprint density at radius 3 is 2.26 bits per heavy atom. The maximum absolute atomic E-state index is 12.4.